The zero-order chi connectivity index (χ0) is 17.3. The SMILES string of the molecule is CC1CCN(C(=O)C(C)(C)C(=O)N2CCCc3ccccc32)CC1. The highest BCUT2D eigenvalue weighted by atomic mass is 16.2. The first-order valence-electron chi connectivity index (χ1n) is 9.10. The lowest BCUT2D eigenvalue weighted by atomic mass is 9.86. The van der Waals surface area contributed by atoms with Gasteiger partial charge in [0.2, 0.25) is 11.8 Å². The molecular weight excluding hydrogens is 300 g/mol. The van der Waals surface area contributed by atoms with Gasteiger partial charge in [-0.05, 0) is 57.1 Å². The third kappa shape index (κ3) is 3.06. The van der Waals surface area contributed by atoms with Crippen molar-refractivity contribution < 1.29 is 9.59 Å². The summed E-state index contributed by atoms with van der Waals surface area (Å²) in [6, 6.07) is 8.05. The first-order chi connectivity index (χ1) is 11.4. The van der Waals surface area contributed by atoms with E-state index >= 15 is 0 Å². The van der Waals surface area contributed by atoms with Crippen LogP contribution in [0.5, 0.6) is 0 Å². The molecular formula is C20H28N2O2. The van der Waals surface area contributed by atoms with E-state index in [1.807, 2.05) is 28.0 Å². The molecule has 3 rings (SSSR count). The molecule has 0 spiro atoms. The first-order valence-corrected chi connectivity index (χ1v) is 9.10. The number of amides is 2. The molecule has 0 aromatic heterocycles. The lowest BCUT2D eigenvalue weighted by Crippen LogP contribution is -2.53. The monoisotopic (exact) mass is 328 g/mol. The fraction of sp³-hybridized carbons (Fsp3) is 0.600. The van der Waals surface area contributed by atoms with Crippen molar-refractivity contribution in [1.29, 1.82) is 0 Å². The number of carbonyl (C=O) groups excluding carboxylic acids is 2. The zero-order valence-electron chi connectivity index (χ0n) is 15.0. The Morgan fingerprint density at radius 2 is 1.71 bits per heavy atom. The second kappa shape index (κ2) is 6.58. The molecule has 1 fully saturated rings. The van der Waals surface area contributed by atoms with Gasteiger partial charge in [0.15, 0.2) is 0 Å². The van der Waals surface area contributed by atoms with E-state index < -0.39 is 5.41 Å². The number of carbonyl (C=O) groups is 2. The number of aryl methyl sites for hydroxylation is 1. The Labute approximate surface area is 144 Å². The Morgan fingerprint density at radius 1 is 1.04 bits per heavy atom. The Morgan fingerprint density at radius 3 is 2.42 bits per heavy atom. The molecule has 0 unspecified atom stereocenters. The average Bonchev–Trinajstić information content (AvgIpc) is 2.60. The van der Waals surface area contributed by atoms with Crippen molar-refractivity contribution in [2.75, 3.05) is 24.5 Å². The van der Waals surface area contributed by atoms with Gasteiger partial charge in [-0.2, -0.15) is 0 Å². The number of rotatable bonds is 2. The summed E-state index contributed by atoms with van der Waals surface area (Å²) in [6.45, 7) is 8.03. The highest BCUT2D eigenvalue weighted by molar-refractivity contribution is 6.11. The van der Waals surface area contributed by atoms with Gasteiger partial charge in [0.1, 0.15) is 5.41 Å². The van der Waals surface area contributed by atoms with Crippen LogP contribution in [-0.2, 0) is 16.0 Å². The molecule has 0 aliphatic carbocycles. The van der Waals surface area contributed by atoms with Crippen LogP contribution in [0.2, 0.25) is 0 Å². The van der Waals surface area contributed by atoms with Gasteiger partial charge in [0, 0.05) is 25.3 Å². The highest BCUT2D eigenvalue weighted by Crippen LogP contribution is 2.32. The summed E-state index contributed by atoms with van der Waals surface area (Å²) < 4.78 is 0. The molecule has 0 radical (unpaired) electrons. The Balaban J connectivity index is 1.80. The maximum Gasteiger partial charge on any atom is 0.242 e. The van der Waals surface area contributed by atoms with Crippen molar-refractivity contribution in [2.45, 2.75) is 46.5 Å². The van der Waals surface area contributed by atoms with Crippen LogP contribution in [0.25, 0.3) is 0 Å². The number of hydrogen-bond donors (Lipinski definition) is 0. The van der Waals surface area contributed by atoms with Crippen LogP contribution in [0.3, 0.4) is 0 Å². The highest BCUT2D eigenvalue weighted by Gasteiger charge is 2.43. The normalized spacial score (nSPS) is 19.1. The summed E-state index contributed by atoms with van der Waals surface area (Å²) in [5.74, 6) is 0.572. The molecule has 2 aliphatic heterocycles. The molecule has 4 heteroatoms. The quantitative estimate of drug-likeness (QED) is 0.782. The maximum absolute atomic E-state index is 13.2. The van der Waals surface area contributed by atoms with Crippen molar-refractivity contribution in [3.63, 3.8) is 0 Å². The van der Waals surface area contributed by atoms with Gasteiger partial charge >= 0.3 is 0 Å². The molecule has 2 amide bonds. The summed E-state index contributed by atoms with van der Waals surface area (Å²) >= 11 is 0. The largest absolute Gasteiger partial charge is 0.342 e. The number of likely N-dealkylation sites (tertiary alicyclic amines) is 1. The molecule has 1 aromatic rings. The van der Waals surface area contributed by atoms with Crippen LogP contribution in [0, 0.1) is 11.3 Å². The standard InChI is InChI=1S/C20H28N2O2/c1-15-10-13-21(14-11-15)18(23)20(2,3)19(24)22-12-6-8-16-7-4-5-9-17(16)22/h4-5,7,9,15H,6,8,10-14H2,1-3H3. The second-order valence-electron chi connectivity index (χ2n) is 7.79. The smallest absolute Gasteiger partial charge is 0.242 e. The van der Waals surface area contributed by atoms with Gasteiger partial charge in [-0.15, -0.1) is 0 Å². The minimum Gasteiger partial charge on any atom is -0.342 e. The number of nitrogens with zero attached hydrogens (tertiary/aromatic N) is 2. The van der Waals surface area contributed by atoms with Crippen molar-refractivity contribution in [3.05, 3.63) is 29.8 Å². The van der Waals surface area contributed by atoms with Crippen LogP contribution in [0.1, 0.15) is 45.6 Å². The number of fused-ring (bicyclic) bond motifs is 1. The second-order valence-corrected chi connectivity index (χ2v) is 7.79. The predicted molar refractivity (Wildman–Crippen MR) is 95.9 cm³/mol. The molecule has 0 saturated carbocycles. The lowest BCUT2D eigenvalue weighted by Gasteiger charge is -2.39. The van der Waals surface area contributed by atoms with E-state index in [2.05, 4.69) is 13.0 Å². The number of para-hydroxylation sites is 1. The molecule has 1 aromatic carbocycles. The Kier molecular flexibility index (Phi) is 4.66. The fourth-order valence-corrected chi connectivity index (χ4v) is 3.78. The van der Waals surface area contributed by atoms with E-state index in [0.717, 1.165) is 44.5 Å². The number of piperidine rings is 1. The first kappa shape index (κ1) is 17.0. The topological polar surface area (TPSA) is 40.6 Å². The van der Waals surface area contributed by atoms with Gasteiger partial charge < -0.3 is 9.80 Å². The Bertz CT molecular complexity index is 630. The van der Waals surface area contributed by atoms with E-state index in [1.165, 1.54) is 5.56 Å². The fourth-order valence-electron chi connectivity index (χ4n) is 3.78. The number of hydrogen-bond acceptors (Lipinski definition) is 2. The van der Waals surface area contributed by atoms with Crippen LogP contribution in [0.15, 0.2) is 24.3 Å². The molecule has 1 saturated heterocycles. The van der Waals surface area contributed by atoms with E-state index in [1.54, 1.807) is 13.8 Å². The molecule has 130 valence electrons. The average molecular weight is 328 g/mol. The number of anilines is 1. The maximum atomic E-state index is 13.2. The predicted octanol–water partition coefficient (Wildman–Crippen LogP) is 3.25. The third-order valence-electron chi connectivity index (χ3n) is 5.50. The van der Waals surface area contributed by atoms with Crippen molar-refractivity contribution in [3.8, 4) is 0 Å². The van der Waals surface area contributed by atoms with E-state index in [-0.39, 0.29) is 11.8 Å². The van der Waals surface area contributed by atoms with Crippen molar-refractivity contribution >= 4 is 17.5 Å². The van der Waals surface area contributed by atoms with Gasteiger partial charge in [0.05, 0.1) is 0 Å². The summed E-state index contributed by atoms with van der Waals surface area (Å²) in [4.78, 5) is 29.9. The van der Waals surface area contributed by atoms with Gasteiger partial charge in [-0.25, -0.2) is 0 Å². The van der Waals surface area contributed by atoms with E-state index in [9.17, 15) is 9.59 Å². The molecule has 4 nitrogen and oxygen atoms in total. The Hall–Kier alpha value is -1.84. The summed E-state index contributed by atoms with van der Waals surface area (Å²) in [5, 5.41) is 0. The molecule has 0 atom stereocenters. The van der Waals surface area contributed by atoms with Crippen molar-refractivity contribution in [1.82, 2.24) is 4.90 Å². The van der Waals surface area contributed by atoms with Crippen molar-refractivity contribution in [2.24, 2.45) is 11.3 Å². The van der Waals surface area contributed by atoms with Gasteiger partial charge in [-0.1, -0.05) is 25.1 Å². The van der Waals surface area contributed by atoms with Gasteiger partial charge in [0.25, 0.3) is 0 Å². The summed E-state index contributed by atoms with van der Waals surface area (Å²) in [6.07, 6.45) is 4.01. The third-order valence-corrected chi connectivity index (χ3v) is 5.50. The van der Waals surface area contributed by atoms with E-state index in [4.69, 9.17) is 0 Å². The number of benzene rings is 1. The summed E-state index contributed by atoms with van der Waals surface area (Å²) in [7, 11) is 0. The van der Waals surface area contributed by atoms with Crippen LogP contribution in [-0.4, -0.2) is 36.3 Å². The minimum absolute atomic E-state index is 0.0255. The molecule has 0 bridgehead atoms. The molecule has 2 heterocycles. The molecule has 24 heavy (non-hydrogen) atoms. The van der Waals surface area contributed by atoms with Crippen LogP contribution in [0.4, 0.5) is 5.69 Å². The van der Waals surface area contributed by atoms with Crippen LogP contribution < -0.4 is 4.90 Å². The minimum atomic E-state index is -1.01. The lowest BCUT2D eigenvalue weighted by molar-refractivity contribution is -0.148. The molecule has 2 aliphatic rings. The zero-order valence-corrected chi connectivity index (χ0v) is 15.0. The molecule has 0 N–H and O–H groups in total. The van der Waals surface area contributed by atoms with Crippen LogP contribution >= 0.6 is 0 Å². The summed E-state index contributed by atoms with van der Waals surface area (Å²) in [5.41, 5.74) is 1.17. The van der Waals surface area contributed by atoms with Gasteiger partial charge in [-0.3, -0.25) is 9.59 Å². The van der Waals surface area contributed by atoms with E-state index in [0.29, 0.717) is 12.5 Å².